The summed E-state index contributed by atoms with van der Waals surface area (Å²) >= 11 is 0. The van der Waals surface area contributed by atoms with Gasteiger partial charge >= 0.3 is 0 Å². The van der Waals surface area contributed by atoms with E-state index < -0.39 is 0 Å². The summed E-state index contributed by atoms with van der Waals surface area (Å²) in [5, 5.41) is 16.6. The fourth-order valence-electron chi connectivity index (χ4n) is 2.03. The summed E-state index contributed by atoms with van der Waals surface area (Å²) in [6, 6.07) is 3.99. The van der Waals surface area contributed by atoms with Gasteiger partial charge in [-0.3, -0.25) is 0 Å². The van der Waals surface area contributed by atoms with Gasteiger partial charge in [-0.2, -0.15) is 4.98 Å². The van der Waals surface area contributed by atoms with E-state index in [0.717, 1.165) is 30.6 Å². The van der Waals surface area contributed by atoms with E-state index in [2.05, 4.69) is 29.2 Å². The van der Waals surface area contributed by atoms with Crippen LogP contribution in [0.2, 0.25) is 0 Å². The van der Waals surface area contributed by atoms with E-state index in [-0.39, 0.29) is 12.0 Å². The number of aromatic nitrogens is 3. The molecular weight excluding hydrogens is 240 g/mol. The molecule has 0 atom stereocenters. The zero-order valence-corrected chi connectivity index (χ0v) is 11.8. The molecule has 0 radical (unpaired) electrons. The summed E-state index contributed by atoms with van der Waals surface area (Å²) in [5.41, 5.74) is 2.13. The largest absolute Gasteiger partial charge is 0.396 e. The Morgan fingerprint density at radius 1 is 1.37 bits per heavy atom. The average molecular weight is 262 g/mol. The second-order valence-corrected chi connectivity index (χ2v) is 5.79. The molecule has 19 heavy (non-hydrogen) atoms. The van der Waals surface area contributed by atoms with Gasteiger partial charge in [0, 0.05) is 19.3 Å². The first-order valence-corrected chi connectivity index (χ1v) is 6.68. The molecule has 0 saturated carbocycles. The molecule has 5 heteroatoms. The lowest BCUT2D eigenvalue weighted by Crippen LogP contribution is -2.23. The fourth-order valence-corrected chi connectivity index (χ4v) is 2.03. The second-order valence-electron chi connectivity index (χ2n) is 5.79. The Morgan fingerprint density at radius 3 is 2.89 bits per heavy atom. The molecule has 0 aromatic carbocycles. The first-order chi connectivity index (χ1) is 9.00. The minimum Gasteiger partial charge on any atom is -0.396 e. The Hall–Kier alpha value is -1.62. The minimum absolute atomic E-state index is 0.121. The summed E-state index contributed by atoms with van der Waals surface area (Å²) in [6.45, 7) is 7.43. The Balaban J connectivity index is 2.01. The molecule has 0 saturated heterocycles. The highest BCUT2D eigenvalue weighted by Gasteiger charge is 2.17. The average Bonchev–Trinajstić information content (AvgIpc) is 2.76. The number of hydrogen-bond donors (Lipinski definition) is 2. The highest BCUT2D eigenvalue weighted by Crippen LogP contribution is 2.22. The van der Waals surface area contributed by atoms with Crippen LogP contribution in [0, 0.1) is 12.3 Å². The van der Waals surface area contributed by atoms with E-state index in [9.17, 15) is 0 Å². The summed E-state index contributed by atoms with van der Waals surface area (Å²) in [6.07, 6.45) is 3.76. The van der Waals surface area contributed by atoms with Crippen LogP contribution in [-0.4, -0.2) is 32.9 Å². The topological polar surface area (TPSA) is 62.5 Å². The van der Waals surface area contributed by atoms with Crippen LogP contribution in [0.4, 0.5) is 5.95 Å². The highest BCUT2D eigenvalue weighted by molar-refractivity contribution is 5.44. The first-order valence-electron chi connectivity index (χ1n) is 6.68. The normalized spacial score (nSPS) is 12.0. The van der Waals surface area contributed by atoms with E-state index >= 15 is 0 Å². The quantitative estimate of drug-likeness (QED) is 0.838. The predicted octanol–water partition coefficient (Wildman–Crippen LogP) is 2.25. The number of nitrogens with one attached hydrogen (secondary N) is 1. The Morgan fingerprint density at radius 2 is 2.16 bits per heavy atom. The molecule has 0 aliphatic heterocycles. The third kappa shape index (κ3) is 3.67. The van der Waals surface area contributed by atoms with Crippen LogP contribution in [0.25, 0.3) is 5.65 Å². The molecule has 0 fully saturated rings. The zero-order chi connectivity index (χ0) is 13.9. The molecule has 0 aliphatic rings. The standard InChI is InChI=1S/C14H22N4O/c1-11-5-6-12-16-13(17-18(12)9-11)15-10-14(2,3)7-4-8-19/h5-6,9,19H,4,7-8,10H2,1-3H3,(H,15,17). The van der Waals surface area contributed by atoms with Crippen molar-refractivity contribution in [1.82, 2.24) is 14.6 Å². The molecular formula is C14H22N4O. The smallest absolute Gasteiger partial charge is 0.243 e. The number of anilines is 1. The molecule has 104 valence electrons. The molecule has 2 heterocycles. The predicted molar refractivity (Wildman–Crippen MR) is 76.3 cm³/mol. The number of aliphatic hydroxyl groups excluding tert-OH is 1. The van der Waals surface area contributed by atoms with E-state index in [1.54, 1.807) is 4.52 Å². The molecule has 2 aromatic heterocycles. The number of nitrogens with zero attached hydrogens (tertiary/aromatic N) is 3. The molecule has 2 rings (SSSR count). The fraction of sp³-hybridized carbons (Fsp3) is 0.571. The maximum absolute atomic E-state index is 8.89. The van der Waals surface area contributed by atoms with Crippen LogP contribution in [0.5, 0.6) is 0 Å². The lowest BCUT2D eigenvalue weighted by Gasteiger charge is -2.24. The van der Waals surface area contributed by atoms with E-state index in [1.807, 2.05) is 25.3 Å². The number of hydrogen-bond acceptors (Lipinski definition) is 4. The van der Waals surface area contributed by atoms with Gasteiger partial charge in [0.2, 0.25) is 5.95 Å². The van der Waals surface area contributed by atoms with Crippen molar-refractivity contribution in [3.8, 4) is 0 Å². The summed E-state index contributed by atoms with van der Waals surface area (Å²) in [7, 11) is 0. The monoisotopic (exact) mass is 262 g/mol. The van der Waals surface area contributed by atoms with Crippen molar-refractivity contribution in [1.29, 1.82) is 0 Å². The Kier molecular flexibility index (Phi) is 4.04. The van der Waals surface area contributed by atoms with Crippen LogP contribution in [-0.2, 0) is 0 Å². The molecule has 0 unspecified atom stereocenters. The third-order valence-corrected chi connectivity index (χ3v) is 3.22. The molecule has 2 N–H and O–H groups in total. The molecule has 0 spiro atoms. The van der Waals surface area contributed by atoms with E-state index in [0.29, 0.717) is 5.95 Å². The van der Waals surface area contributed by atoms with Crippen molar-refractivity contribution in [3.63, 3.8) is 0 Å². The number of pyridine rings is 1. The number of aliphatic hydroxyl groups is 1. The van der Waals surface area contributed by atoms with Crippen molar-refractivity contribution in [2.45, 2.75) is 33.6 Å². The molecule has 0 amide bonds. The van der Waals surface area contributed by atoms with Crippen LogP contribution in [0.3, 0.4) is 0 Å². The van der Waals surface area contributed by atoms with Crippen molar-refractivity contribution >= 4 is 11.6 Å². The maximum atomic E-state index is 8.89. The molecule has 0 bridgehead atoms. The van der Waals surface area contributed by atoms with Crippen LogP contribution in [0.1, 0.15) is 32.3 Å². The lowest BCUT2D eigenvalue weighted by molar-refractivity contribution is 0.247. The van der Waals surface area contributed by atoms with Gasteiger partial charge in [0.05, 0.1) is 0 Å². The van der Waals surface area contributed by atoms with Gasteiger partial charge in [-0.25, -0.2) is 4.52 Å². The molecule has 0 aliphatic carbocycles. The van der Waals surface area contributed by atoms with Crippen LogP contribution >= 0.6 is 0 Å². The van der Waals surface area contributed by atoms with Crippen molar-refractivity contribution in [2.24, 2.45) is 5.41 Å². The van der Waals surface area contributed by atoms with Crippen LogP contribution < -0.4 is 5.32 Å². The number of aryl methyl sites for hydroxylation is 1. The molecule has 2 aromatic rings. The van der Waals surface area contributed by atoms with Gasteiger partial charge in [-0.15, -0.1) is 5.10 Å². The number of fused-ring (bicyclic) bond motifs is 1. The highest BCUT2D eigenvalue weighted by atomic mass is 16.2. The van der Waals surface area contributed by atoms with Gasteiger partial charge in [-0.1, -0.05) is 19.9 Å². The lowest BCUT2D eigenvalue weighted by atomic mass is 9.88. The minimum atomic E-state index is 0.121. The summed E-state index contributed by atoms with van der Waals surface area (Å²) in [5.74, 6) is 0.655. The van der Waals surface area contributed by atoms with Crippen molar-refractivity contribution in [2.75, 3.05) is 18.5 Å². The van der Waals surface area contributed by atoms with Gasteiger partial charge in [-0.05, 0) is 36.8 Å². The van der Waals surface area contributed by atoms with Gasteiger partial charge in [0.15, 0.2) is 5.65 Å². The maximum Gasteiger partial charge on any atom is 0.243 e. The van der Waals surface area contributed by atoms with Gasteiger partial charge in [0.1, 0.15) is 0 Å². The molecule has 5 nitrogen and oxygen atoms in total. The summed E-state index contributed by atoms with van der Waals surface area (Å²) < 4.78 is 1.79. The van der Waals surface area contributed by atoms with E-state index in [1.165, 1.54) is 0 Å². The summed E-state index contributed by atoms with van der Waals surface area (Å²) in [4.78, 5) is 4.43. The Bertz CT molecular complexity index is 547. The van der Waals surface area contributed by atoms with Gasteiger partial charge in [0.25, 0.3) is 0 Å². The van der Waals surface area contributed by atoms with Crippen LogP contribution in [0.15, 0.2) is 18.3 Å². The Labute approximate surface area is 113 Å². The van der Waals surface area contributed by atoms with Gasteiger partial charge < -0.3 is 10.4 Å². The van der Waals surface area contributed by atoms with Crippen molar-refractivity contribution < 1.29 is 5.11 Å². The van der Waals surface area contributed by atoms with E-state index in [4.69, 9.17) is 5.11 Å². The first kappa shape index (κ1) is 13.8. The second kappa shape index (κ2) is 5.57. The zero-order valence-electron chi connectivity index (χ0n) is 11.8. The SMILES string of the molecule is Cc1ccc2nc(NCC(C)(C)CCCO)nn2c1. The number of rotatable bonds is 6. The van der Waals surface area contributed by atoms with Crippen molar-refractivity contribution in [3.05, 3.63) is 23.9 Å². The third-order valence-electron chi connectivity index (χ3n) is 3.22.